The Morgan fingerprint density at radius 1 is 1.35 bits per heavy atom. The summed E-state index contributed by atoms with van der Waals surface area (Å²) in [7, 11) is 0. The van der Waals surface area contributed by atoms with Gasteiger partial charge in [0.15, 0.2) is 10.9 Å². The van der Waals surface area contributed by atoms with Gasteiger partial charge in [-0.2, -0.15) is 0 Å². The number of thiazole rings is 1. The molecule has 8 heteroatoms. The molecule has 0 radical (unpaired) electrons. The van der Waals surface area contributed by atoms with E-state index in [4.69, 9.17) is 4.42 Å². The van der Waals surface area contributed by atoms with Gasteiger partial charge in [-0.15, -0.1) is 11.3 Å². The normalized spacial score (nSPS) is 16.4. The van der Waals surface area contributed by atoms with E-state index in [2.05, 4.69) is 20.9 Å². The van der Waals surface area contributed by atoms with E-state index in [1.807, 2.05) is 20.0 Å². The Morgan fingerprint density at radius 2 is 2.12 bits per heavy atom. The number of rotatable bonds is 6. The minimum atomic E-state index is -0.668. The van der Waals surface area contributed by atoms with Gasteiger partial charge >= 0.3 is 0 Å². The lowest BCUT2D eigenvalue weighted by atomic mass is 9.97. The zero-order valence-corrected chi connectivity index (χ0v) is 15.8. The summed E-state index contributed by atoms with van der Waals surface area (Å²) in [6.45, 7) is 5.79. The molecule has 0 saturated carbocycles. The Hall–Kier alpha value is -2.19. The van der Waals surface area contributed by atoms with Gasteiger partial charge in [-0.3, -0.25) is 9.59 Å². The minimum Gasteiger partial charge on any atom is -0.459 e. The molecule has 1 saturated heterocycles. The lowest BCUT2D eigenvalue weighted by Crippen LogP contribution is -2.47. The van der Waals surface area contributed by atoms with Crippen LogP contribution in [0.2, 0.25) is 0 Å². The van der Waals surface area contributed by atoms with Crippen molar-refractivity contribution in [1.82, 2.24) is 15.6 Å². The largest absolute Gasteiger partial charge is 0.459 e. The van der Waals surface area contributed by atoms with E-state index in [-0.39, 0.29) is 17.6 Å². The van der Waals surface area contributed by atoms with Crippen LogP contribution in [0, 0.1) is 5.92 Å². The van der Waals surface area contributed by atoms with Crippen LogP contribution < -0.4 is 16.0 Å². The molecule has 7 nitrogen and oxygen atoms in total. The highest BCUT2D eigenvalue weighted by Crippen LogP contribution is 2.31. The standard InChI is InChI=1S/C18H24N4O3S/c1-11(2)15(21-16(23)13-4-3-9-25-13)17(24)22-18-20-10-14(26-18)12-5-7-19-8-6-12/h3-4,9-12,15,19H,5-8H2,1-2H3,(H,21,23)(H,20,22,24). The van der Waals surface area contributed by atoms with Crippen molar-refractivity contribution in [2.24, 2.45) is 5.92 Å². The number of piperidine rings is 1. The zero-order chi connectivity index (χ0) is 18.5. The van der Waals surface area contributed by atoms with E-state index < -0.39 is 11.9 Å². The first-order valence-electron chi connectivity index (χ1n) is 8.86. The Balaban J connectivity index is 1.62. The molecular formula is C18H24N4O3S. The van der Waals surface area contributed by atoms with Crippen LogP contribution in [0.4, 0.5) is 5.13 Å². The van der Waals surface area contributed by atoms with Crippen molar-refractivity contribution in [3.05, 3.63) is 35.2 Å². The lowest BCUT2D eigenvalue weighted by molar-refractivity contribution is -0.118. The predicted octanol–water partition coefficient (Wildman–Crippen LogP) is 2.60. The van der Waals surface area contributed by atoms with Gasteiger partial charge in [-0.25, -0.2) is 4.98 Å². The topological polar surface area (TPSA) is 96.3 Å². The molecule has 3 N–H and O–H groups in total. The molecule has 1 aliphatic rings. The van der Waals surface area contributed by atoms with Gasteiger partial charge < -0.3 is 20.4 Å². The third-order valence-corrected chi connectivity index (χ3v) is 5.55. The summed E-state index contributed by atoms with van der Waals surface area (Å²) in [4.78, 5) is 30.4. The number of carbonyl (C=O) groups is 2. The number of nitrogens with one attached hydrogen (secondary N) is 3. The third kappa shape index (κ3) is 4.50. The van der Waals surface area contributed by atoms with Crippen LogP contribution in [0.1, 0.15) is 48.0 Å². The summed E-state index contributed by atoms with van der Waals surface area (Å²) in [5, 5.41) is 9.49. The average Bonchev–Trinajstić information content (AvgIpc) is 3.32. The van der Waals surface area contributed by atoms with Gasteiger partial charge in [0, 0.05) is 11.1 Å². The molecule has 0 spiro atoms. The van der Waals surface area contributed by atoms with Crippen molar-refractivity contribution in [3.63, 3.8) is 0 Å². The highest BCUT2D eigenvalue weighted by atomic mass is 32.1. The number of furan rings is 1. The van der Waals surface area contributed by atoms with Gasteiger partial charge in [0.2, 0.25) is 5.91 Å². The molecule has 26 heavy (non-hydrogen) atoms. The van der Waals surface area contributed by atoms with Crippen LogP contribution in [0.5, 0.6) is 0 Å². The van der Waals surface area contributed by atoms with Crippen LogP contribution in [0.25, 0.3) is 0 Å². The van der Waals surface area contributed by atoms with E-state index in [0.29, 0.717) is 11.0 Å². The fourth-order valence-electron chi connectivity index (χ4n) is 2.98. The summed E-state index contributed by atoms with van der Waals surface area (Å²) in [5.74, 6) is -0.0629. The summed E-state index contributed by atoms with van der Waals surface area (Å²) >= 11 is 1.51. The number of nitrogens with zero attached hydrogens (tertiary/aromatic N) is 1. The first kappa shape index (κ1) is 18.6. The molecule has 2 aromatic heterocycles. The van der Waals surface area contributed by atoms with Crippen LogP contribution in [0.3, 0.4) is 0 Å². The quantitative estimate of drug-likeness (QED) is 0.720. The van der Waals surface area contributed by atoms with Gasteiger partial charge in [-0.1, -0.05) is 13.8 Å². The number of hydrogen-bond donors (Lipinski definition) is 3. The van der Waals surface area contributed by atoms with Crippen LogP contribution >= 0.6 is 11.3 Å². The first-order chi connectivity index (χ1) is 12.5. The summed E-state index contributed by atoms with van der Waals surface area (Å²) in [6.07, 6.45) is 5.45. The molecule has 2 amide bonds. The molecule has 1 unspecified atom stereocenters. The second kappa shape index (κ2) is 8.46. The molecule has 0 aliphatic carbocycles. The maximum absolute atomic E-state index is 12.6. The smallest absolute Gasteiger partial charge is 0.287 e. The molecule has 0 aromatic carbocycles. The molecule has 2 aromatic rings. The van der Waals surface area contributed by atoms with Crippen LogP contribution in [-0.4, -0.2) is 35.9 Å². The number of aromatic nitrogens is 1. The molecule has 0 bridgehead atoms. The Morgan fingerprint density at radius 3 is 2.77 bits per heavy atom. The van der Waals surface area contributed by atoms with Gasteiger partial charge in [0.25, 0.3) is 5.91 Å². The van der Waals surface area contributed by atoms with Crippen molar-refractivity contribution in [2.75, 3.05) is 18.4 Å². The second-order valence-corrected chi connectivity index (χ2v) is 7.82. The van der Waals surface area contributed by atoms with Crippen LogP contribution in [-0.2, 0) is 4.79 Å². The SMILES string of the molecule is CC(C)C(NC(=O)c1ccco1)C(=O)Nc1ncc(C2CCNCC2)s1. The highest BCUT2D eigenvalue weighted by molar-refractivity contribution is 7.15. The van der Waals surface area contributed by atoms with Crippen molar-refractivity contribution in [3.8, 4) is 0 Å². The van der Waals surface area contributed by atoms with E-state index in [1.165, 1.54) is 22.5 Å². The van der Waals surface area contributed by atoms with Crippen molar-refractivity contribution >= 4 is 28.3 Å². The predicted molar refractivity (Wildman–Crippen MR) is 100 cm³/mol. The number of anilines is 1. The molecule has 1 fully saturated rings. The second-order valence-electron chi connectivity index (χ2n) is 6.75. The molecule has 3 heterocycles. The third-order valence-electron chi connectivity index (χ3n) is 4.48. The van der Waals surface area contributed by atoms with E-state index in [0.717, 1.165) is 25.9 Å². The number of amides is 2. The maximum Gasteiger partial charge on any atom is 0.287 e. The molecule has 3 rings (SSSR count). The summed E-state index contributed by atoms with van der Waals surface area (Å²) in [6, 6.07) is 2.53. The molecule has 140 valence electrons. The van der Waals surface area contributed by atoms with Gasteiger partial charge in [0.1, 0.15) is 6.04 Å². The number of carbonyl (C=O) groups excluding carboxylic acids is 2. The maximum atomic E-state index is 12.6. The molecule has 1 atom stereocenters. The Kier molecular flexibility index (Phi) is 6.05. The van der Waals surface area contributed by atoms with E-state index in [9.17, 15) is 9.59 Å². The van der Waals surface area contributed by atoms with Crippen molar-refractivity contribution in [2.45, 2.75) is 38.6 Å². The fourth-order valence-corrected chi connectivity index (χ4v) is 3.97. The molecule has 1 aliphatic heterocycles. The fraction of sp³-hybridized carbons (Fsp3) is 0.500. The summed E-state index contributed by atoms with van der Waals surface area (Å²) in [5.41, 5.74) is 0. The average molecular weight is 376 g/mol. The zero-order valence-electron chi connectivity index (χ0n) is 15.0. The van der Waals surface area contributed by atoms with E-state index >= 15 is 0 Å². The van der Waals surface area contributed by atoms with Crippen molar-refractivity contribution < 1.29 is 14.0 Å². The van der Waals surface area contributed by atoms with E-state index in [1.54, 1.807) is 12.1 Å². The Labute approximate surface area is 156 Å². The van der Waals surface area contributed by atoms with Crippen molar-refractivity contribution in [1.29, 1.82) is 0 Å². The highest BCUT2D eigenvalue weighted by Gasteiger charge is 2.27. The van der Waals surface area contributed by atoms with Gasteiger partial charge in [0.05, 0.1) is 6.26 Å². The molecular weight excluding hydrogens is 352 g/mol. The van der Waals surface area contributed by atoms with Crippen LogP contribution in [0.15, 0.2) is 29.0 Å². The van der Waals surface area contributed by atoms with Gasteiger partial charge in [-0.05, 0) is 49.9 Å². The summed E-state index contributed by atoms with van der Waals surface area (Å²) < 4.78 is 5.09. The lowest BCUT2D eigenvalue weighted by Gasteiger charge is -2.21. The minimum absolute atomic E-state index is 0.0715. The first-order valence-corrected chi connectivity index (χ1v) is 9.68. The number of hydrogen-bond acceptors (Lipinski definition) is 6. The monoisotopic (exact) mass is 376 g/mol. The Bertz CT molecular complexity index is 735.